The Morgan fingerprint density at radius 3 is 2.35 bits per heavy atom. The Hall–Kier alpha value is -0.370. The summed E-state index contributed by atoms with van der Waals surface area (Å²) in [6.07, 6.45) is 10.9. The molecule has 4 saturated carbocycles. The van der Waals surface area contributed by atoms with E-state index in [9.17, 15) is 9.90 Å². The predicted molar refractivity (Wildman–Crippen MR) is 91.9 cm³/mol. The number of hydrogen-bond acceptors (Lipinski definition) is 2. The van der Waals surface area contributed by atoms with Crippen molar-refractivity contribution < 1.29 is 9.90 Å². The Bertz CT molecular complexity index is 500. The molecule has 2 heteroatoms. The molecule has 0 heterocycles. The van der Waals surface area contributed by atoms with E-state index in [0.717, 1.165) is 42.9 Å². The highest BCUT2D eigenvalue weighted by Gasteiger charge is 2.60. The summed E-state index contributed by atoms with van der Waals surface area (Å²) in [5, 5.41) is 10.1. The summed E-state index contributed by atoms with van der Waals surface area (Å²) < 4.78 is 0. The molecule has 0 aromatic rings. The zero-order valence-corrected chi connectivity index (χ0v) is 15.2. The third-order valence-electron chi connectivity index (χ3n) is 9.13. The van der Waals surface area contributed by atoms with Crippen LogP contribution in [0.1, 0.15) is 78.6 Å². The van der Waals surface area contributed by atoms with Crippen LogP contribution in [0.25, 0.3) is 0 Å². The van der Waals surface area contributed by atoms with Gasteiger partial charge in [-0.05, 0) is 99.2 Å². The van der Waals surface area contributed by atoms with Crippen LogP contribution in [0.15, 0.2) is 0 Å². The average molecular weight is 319 g/mol. The Labute approximate surface area is 141 Å². The van der Waals surface area contributed by atoms with Crippen molar-refractivity contribution in [1.29, 1.82) is 0 Å². The number of Topliss-reactive ketones (excluding diaryl/α,β-unsaturated/α-hetero) is 1. The molecule has 0 bridgehead atoms. The molecule has 2 nitrogen and oxygen atoms in total. The molecule has 0 aromatic carbocycles. The summed E-state index contributed by atoms with van der Waals surface area (Å²) >= 11 is 0. The molecular weight excluding hydrogens is 284 g/mol. The van der Waals surface area contributed by atoms with Crippen LogP contribution in [0, 0.1) is 40.4 Å². The molecule has 0 spiro atoms. The molecule has 0 aliphatic heterocycles. The van der Waals surface area contributed by atoms with Crippen molar-refractivity contribution in [2.45, 2.75) is 84.7 Å². The van der Waals surface area contributed by atoms with Gasteiger partial charge in [-0.15, -0.1) is 0 Å². The summed E-state index contributed by atoms with van der Waals surface area (Å²) in [4.78, 5) is 12.2. The summed E-state index contributed by atoms with van der Waals surface area (Å²) in [7, 11) is 0. The molecule has 4 fully saturated rings. The lowest BCUT2D eigenvalue weighted by molar-refractivity contribution is -0.138. The average Bonchev–Trinajstić information content (AvgIpc) is 2.85. The lowest BCUT2D eigenvalue weighted by atomic mass is 9.44. The lowest BCUT2D eigenvalue weighted by Gasteiger charge is -2.60. The van der Waals surface area contributed by atoms with Gasteiger partial charge < -0.3 is 5.11 Å². The maximum atomic E-state index is 12.2. The number of hydrogen-bond donors (Lipinski definition) is 1. The van der Waals surface area contributed by atoms with E-state index in [0.29, 0.717) is 17.1 Å². The van der Waals surface area contributed by atoms with E-state index in [-0.39, 0.29) is 11.5 Å². The van der Waals surface area contributed by atoms with Gasteiger partial charge in [0, 0.05) is 5.92 Å². The first kappa shape index (κ1) is 16.1. The number of fused-ring (bicyclic) bond motifs is 5. The molecule has 7 unspecified atom stereocenters. The number of aliphatic hydroxyl groups excluding tert-OH is 1. The first-order valence-corrected chi connectivity index (χ1v) is 10.0. The molecule has 4 rings (SSSR count). The molecule has 130 valence electrons. The van der Waals surface area contributed by atoms with Crippen molar-refractivity contribution in [2.24, 2.45) is 40.4 Å². The van der Waals surface area contributed by atoms with Gasteiger partial charge in [-0.3, -0.25) is 4.79 Å². The van der Waals surface area contributed by atoms with Crippen LogP contribution in [-0.2, 0) is 4.79 Å². The molecule has 0 saturated heterocycles. The van der Waals surface area contributed by atoms with Crippen LogP contribution < -0.4 is 0 Å². The molecular formula is C21H34O2. The van der Waals surface area contributed by atoms with Gasteiger partial charge in [-0.1, -0.05) is 13.8 Å². The Morgan fingerprint density at radius 2 is 1.61 bits per heavy atom. The van der Waals surface area contributed by atoms with Crippen molar-refractivity contribution in [3.8, 4) is 0 Å². The zero-order valence-electron chi connectivity index (χ0n) is 15.2. The van der Waals surface area contributed by atoms with E-state index in [1.807, 2.05) is 6.92 Å². The van der Waals surface area contributed by atoms with Gasteiger partial charge >= 0.3 is 0 Å². The van der Waals surface area contributed by atoms with Crippen LogP contribution in [0.5, 0.6) is 0 Å². The third-order valence-corrected chi connectivity index (χ3v) is 9.13. The topological polar surface area (TPSA) is 37.3 Å². The van der Waals surface area contributed by atoms with Crippen molar-refractivity contribution in [1.82, 2.24) is 0 Å². The quantitative estimate of drug-likeness (QED) is 0.767. The smallest absolute Gasteiger partial charge is 0.133 e. The molecule has 0 amide bonds. The van der Waals surface area contributed by atoms with E-state index in [1.54, 1.807) is 0 Å². The number of carbonyl (C=O) groups excluding carboxylic acids is 1. The molecule has 23 heavy (non-hydrogen) atoms. The van der Waals surface area contributed by atoms with Crippen molar-refractivity contribution in [3.63, 3.8) is 0 Å². The van der Waals surface area contributed by atoms with E-state index in [1.165, 1.54) is 38.5 Å². The van der Waals surface area contributed by atoms with Crippen molar-refractivity contribution in [2.75, 3.05) is 0 Å². The van der Waals surface area contributed by atoms with Gasteiger partial charge in [0.05, 0.1) is 6.10 Å². The normalized spacial score (nSPS) is 55.7. The van der Waals surface area contributed by atoms with Crippen molar-refractivity contribution in [3.05, 3.63) is 0 Å². The highest BCUT2D eigenvalue weighted by Crippen LogP contribution is 2.67. The van der Waals surface area contributed by atoms with E-state index >= 15 is 0 Å². The number of rotatable bonds is 1. The van der Waals surface area contributed by atoms with Crippen molar-refractivity contribution >= 4 is 5.78 Å². The van der Waals surface area contributed by atoms with Gasteiger partial charge in [0.2, 0.25) is 0 Å². The van der Waals surface area contributed by atoms with Gasteiger partial charge in [-0.25, -0.2) is 0 Å². The SMILES string of the molecule is CC(=O)C1CCC2C3CCC4C[C@H](O)CCC4(C)C3CCC12C. The predicted octanol–water partition coefficient (Wildman–Crippen LogP) is 4.60. The van der Waals surface area contributed by atoms with Gasteiger partial charge in [0.25, 0.3) is 0 Å². The number of ketones is 1. The van der Waals surface area contributed by atoms with Gasteiger partial charge in [0.1, 0.15) is 5.78 Å². The summed E-state index contributed by atoms with van der Waals surface area (Å²) in [5.74, 6) is 3.97. The highest BCUT2D eigenvalue weighted by atomic mass is 16.3. The van der Waals surface area contributed by atoms with E-state index in [2.05, 4.69) is 13.8 Å². The minimum atomic E-state index is -0.0490. The first-order valence-electron chi connectivity index (χ1n) is 10.0. The van der Waals surface area contributed by atoms with E-state index in [4.69, 9.17) is 0 Å². The summed E-state index contributed by atoms with van der Waals surface area (Å²) in [5.41, 5.74) is 0.738. The van der Waals surface area contributed by atoms with E-state index < -0.39 is 0 Å². The fourth-order valence-corrected chi connectivity index (χ4v) is 7.90. The lowest BCUT2D eigenvalue weighted by Crippen LogP contribution is -2.54. The fourth-order valence-electron chi connectivity index (χ4n) is 7.90. The Balaban J connectivity index is 1.61. The standard InChI is InChI=1S/C21H34O2/c1-13(22)17-6-7-18-16-5-4-14-12-15(23)8-10-20(14,2)19(16)9-11-21(17,18)3/h14-19,23H,4-12H2,1-3H3/t14?,15-,16?,17?,18?,19?,20?,21?/m1/s1. The zero-order chi connectivity index (χ0) is 16.4. The Kier molecular flexibility index (Phi) is 3.72. The minimum Gasteiger partial charge on any atom is -0.393 e. The van der Waals surface area contributed by atoms with Crippen LogP contribution in [0.3, 0.4) is 0 Å². The number of aliphatic hydroxyl groups is 1. The van der Waals surface area contributed by atoms with Crippen LogP contribution in [0.4, 0.5) is 0 Å². The third kappa shape index (κ3) is 2.19. The fraction of sp³-hybridized carbons (Fsp3) is 0.952. The van der Waals surface area contributed by atoms with Crippen LogP contribution in [0.2, 0.25) is 0 Å². The Morgan fingerprint density at radius 1 is 0.913 bits per heavy atom. The highest BCUT2D eigenvalue weighted by molar-refractivity contribution is 5.79. The molecule has 0 aromatic heterocycles. The molecule has 1 N–H and O–H groups in total. The maximum absolute atomic E-state index is 12.2. The molecule has 4 aliphatic rings. The number of carbonyl (C=O) groups is 1. The largest absolute Gasteiger partial charge is 0.393 e. The monoisotopic (exact) mass is 318 g/mol. The first-order chi connectivity index (χ1) is 10.9. The summed E-state index contributed by atoms with van der Waals surface area (Å²) in [6.45, 7) is 6.80. The van der Waals surface area contributed by atoms with Crippen LogP contribution >= 0.6 is 0 Å². The second-order valence-corrected chi connectivity index (χ2v) is 9.87. The molecule has 8 atom stereocenters. The second kappa shape index (κ2) is 5.31. The maximum Gasteiger partial charge on any atom is 0.133 e. The van der Waals surface area contributed by atoms with Crippen LogP contribution in [-0.4, -0.2) is 17.0 Å². The molecule has 4 aliphatic carbocycles. The second-order valence-electron chi connectivity index (χ2n) is 9.87. The van der Waals surface area contributed by atoms with Gasteiger partial charge in [-0.2, -0.15) is 0 Å². The summed E-state index contributed by atoms with van der Waals surface area (Å²) in [6, 6.07) is 0. The van der Waals surface area contributed by atoms with Gasteiger partial charge in [0.15, 0.2) is 0 Å². The minimum absolute atomic E-state index is 0.0490. The molecule has 0 radical (unpaired) electrons.